The fourth-order valence-corrected chi connectivity index (χ4v) is 2.45. The fraction of sp³-hybridized carbons (Fsp3) is 0.400. The van der Waals surface area contributed by atoms with E-state index in [0.717, 1.165) is 0 Å². The quantitative estimate of drug-likeness (QED) is 0.688. The highest BCUT2D eigenvalue weighted by Gasteiger charge is 2.35. The maximum Gasteiger partial charge on any atom is 0.232 e. The van der Waals surface area contributed by atoms with E-state index in [1.807, 2.05) is 17.5 Å². The molecule has 0 aromatic carbocycles. The molecule has 1 atom stereocenters. The first-order valence-corrected chi connectivity index (χ1v) is 5.39. The summed E-state index contributed by atoms with van der Waals surface area (Å²) in [6.45, 7) is 0. The van der Waals surface area contributed by atoms with Gasteiger partial charge in [0.05, 0.1) is 5.92 Å². The number of imide groups is 1. The van der Waals surface area contributed by atoms with Crippen molar-refractivity contribution in [2.45, 2.75) is 12.8 Å². The lowest BCUT2D eigenvalue weighted by atomic mass is 10.0. The van der Waals surface area contributed by atoms with E-state index >= 15 is 0 Å². The van der Waals surface area contributed by atoms with Crippen LogP contribution in [0.25, 0.3) is 0 Å². The molecule has 1 aliphatic rings. The smallest absolute Gasteiger partial charge is 0.232 e. The highest BCUT2D eigenvalue weighted by molar-refractivity contribution is 7.09. The Bertz CT molecular complexity index is 358. The Morgan fingerprint density at radius 3 is 2.86 bits per heavy atom. The van der Waals surface area contributed by atoms with Gasteiger partial charge in [0.25, 0.3) is 0 Å². The number of carbonyl (C=O) groups excluding carboxylic acids is 2. The zero-order chi connectivity index (χ0) is 10.1. The van der Waals surface area contributed by atoms with E-state index in [1.54, 1.807) is 18.4 Å². The van der Waals surface area contributed by atoms with E-state index in [9.17, 15) is 9.59 Å². The van der Waals surface area contributed by atoms with Gasteiger partial charge in [-0.25, -0.2) is 0 Å². The Morgan fingerprint density at radius 2 is 2.36 bits per heavy atom. The molecule has 2 heterocycles. The summed E-state index contributed by atoms with van der Waals surface area (Å²) < 4.78 is 0. The third-order valence-electron chi connectivity index (χ3n) is 2.50. The van der Waals surface area contributed by atoms with Gasteiger partial charge in [-0.1, -0.05) is 6.07 Å². The zero-order valence-corrected chi connectivity index (χ0v) is 8.71. The van der Waals surface area contributed by atoms with Crippen LogP contribution in [0, 0.1) is 5.92 Å². The number of rotatable bonds is 2. The summed E-state index contributed by atoms with van der Waals surface area (Å²) in [5, 5.41) is 1.99. The van der Waals surface area contributed by atoms with Crippen molar-refractivity contribution in [1.29, 1.82) is 0 Å². The first kappa shape index (κ1) is 9.40. The lowest BCUT2D eigenvalue weighted by molar-refractivity contribution is -0.137. The number of likely N-dealkylation sites (tertiary alicyclic amines) is 1. The van der Waals surface area contributed by atoms with Crippen molar-refractivity contribution in [3.05, 3.63) is 22.4 Å². The summed E-state index contributed by atoms with van der Waals surface area (Å²) in [6, 6.07) is 3.96. The van der Waals surface area contributed by atoms with Crippen molar-refractivity contribution < 1.29 is 9.59 Å². The fourth-order valence-electron chi connectivity index (χ4n) is 1.66. The molecule has 1 fully saturated rings. The van der Waals surface area contributed by atoms with Crippen molar-refractivity contribution in [2.75, 3.05) is 7.05 Å². The number of hydrogen-bond donors (Lipinski definition) is 0. The minimum absolute atomic E-state index is 0.0385. The number of nitrogens with zero attached hydrogens (tertiary/aromatic N) is 1. The van der Waals surface area contributed by atoms with Crippen molar-refractivity contribution in [3.63, 3.8) is 0 Å². The maximum absolute atomic E-state index is 11.6. The van der Waals surface area contributed by atoms with Gasteiger partial charge >= 0.3 is 0 Å². The summed E-state index contributed by atoms with van der Waals surface area (Å²) in [5.41, 5.74) is 0. The second-order valence-corrected chi connectivity index (χ2v) is 4.51. The summed E-state index contributed by atoms with van der Waals surface area (Å²) >= 11 is 1.63. The van der Waals surface area contributed by atoms with E-state index < -0.39 is 0 Å². The maximum atomic E-state index is 11.6. The Morgan fingerprint density at radius 1 is 1.57 bits per heavy atom. The molecule has 1 aliphatic heterocycles. The van der Waals surface area contributed by atoms with Crippen molar-refractivity contribution in [2.24, 2.45) is 5.92 Å². The number of amides is 2. The van der Waals surface area contributed by atoms with Gasteiger partial charge < -0.3 is 0 Å². The summed E-state index contributed by atoms with van der Waals surface area (Å²) in [4.78, 5) is 25.2. The summed E-state index contributed by atoms with van der Waals surface area (Å²) in [5.74, 6) is -0.230. The lowest BCUT2D eigenvalue weighted by Crippen LogP contribution is -2.26. The molecule has 1 saturated heterocycles. The van der Waals surface area contributed by atoms with Gasteiger partial charge in [0.2, 0.25) is 11.8 Å². The van der Waals surface area contributed by atoms with Gasteiger partial charge in [-0.3, -0.25) is 14.5 Å². The second kappa shape index (κ2) is 3.53. The van der Waals surface area contributed by atoms with Crippen LogP contribution < -0.4 is 0 Å². The SMILES string of the molecule is CN1C(=O)CC(Cc2cccs2)C1=O. The number of thiophene rings is 1. The van der Waals surface area contributed by atoms with E-state index in [0.29, 0.717) is 12.8 Å². The monoisotopic (exact) mass is 209 g/mol. The first-order chi connectivity index (χ1) is 6.68. The minimum atomic E-state index is -0.133. The van der Waals surface area contributed by atoms with Crippen molar-refractivity contribution in [3.8, 4) is 0 Å². The molecule has 1 aromatic heterocycles. The van der Waals surface area contributed by atoms with Crippen LogP contribution >= 0.6 is 11.3 Å². The lowest BCUT2D eigenvalue weighted by Gasteiger charge is -2.06. The largest absolute Gasteiger partial charge is 0.285 e. The van der Waals surface area contributed by atoms with E-state index in [4.69, 9.17) is 0 Å². The highest BCUT2D eigenvalue weighted by Crippen LogP contribution is 2.24. The molecule has 2 amide bonds. The molecule has 14 heavy (non-hydrogen) atoms. The predicted octanol–water partition coefficient (Wildman–Crippen LogP) is 1.30. The molecular weight excluding hydrogens is 198 g/mol. The molecule has 74 valence electrons. The topological polar surface area (TPSA) is 37.4 Å². The molecule has 0 aliphatic carbocycles. The summed E-state index contributed by atoms with van der Waals surface area (Å²) in [6.07, 6.45) is 1.07. The van der Waals surface area contributed by atoms with Crippen LogP contribution in [0.15, 0.2) is 17.5 Å². The molecule has 0 N–H and O–H groups in total. The van der Waals surface area contributed by atoms with E-state index in [-0.39, 0.29) is 17.7 Å². The normalized spacial score (nSPS) is 22.1. The van der Waals surface area contributed by atoms with Gasteiger partial charge in [0, 0.05) is 18.3 Å². The minimum Gasteiger partial charge on any atom is -0.285 e. The van der Waals surface area contributed by atoms with Crippen LogP contribution in [0.4, 0.5) is 0 Å². The first-order valence-electron chi connectivity index (χ1n) is 4.51. The Hall–Kier alpha value is -1.16. The van der Waals surface area contributed by atoms with Crippen molar-refractivity contribution in [1.82, 2.24) is 4.90 Å². The molecule has 1 aromatic rings. The molecule has 0 spiro atoms. The number of carbonyl (C=O) groups is 2. The van der Waals surface area contributed by atoms with Crippen LogP contribution in [0.2, 0.25) is 0 Å². The zero-order valence-electron chi connectivity index (χ0n) is 7.90. The third kappa shape index (κ3) is 1.57. The molecule has 0 bridgehead atoms. The molecule has 1 unspecified atom stereocenters. The highest BCUT2D eigenvalue weighted by atomic mass is 32.1. The molecule has 0 saturated carbocycles. The van der Waals surface area contributed by atoms with E-state index in [1.165, 1.54) is 9.78 Å². The van der Waals surface area contributed by atoms with Crippen LogP contribution in [-0.4, -0.2) is 23.8 Å². The molecule has 4 heteroatoms. The van der Waals surface area contributed by atoms with E-state index in [2.05, 4.69) is 0 Å². The molecular formula is C10H11NO2S. The van der Waals surface area contributed by atoms with Crippen LogP contribution in [0.5, 0.6) is 0 Å². The van der Waals surface area contributed by atoms with Gasteiger partial charge in [-0.05, 0) is 17.9 Å². The Labute approximate surface area is 86.3 Å². The Balaban J connectivity index is 2.07. The van der Waals surface area contributed by atoms with Crippen LogP contribution in [0.3, 0.4) is 0 Å². The van der Waals surface area contributed by atoms with Gasteiger partial charge in [-0.15, -0.1) is 11.3 Å². The third-order valence-corrected chi connectivity index (χ3v) is 3.40. The van der Waals surface area contributed by atoms with Gasteiger partial charge in [0.15, 0.2) is 0 Å². The average molecular weight is 209 g/mol. The van der Waals surface area contributed by atoms with Crippen molar-refractivity contribution >= 4 is 23.2 Å². The van der Waals surface area contributed by atoms with Gasteiger partial charge in [0.1, 0.15) is 0 Å². The van der Waals surface area contributed by atoms with Gasteiger partial charge in [-0.2, -0.15) is 0 Å². The predicted molar refractivity (Wildman–Crippen MR) is 53.9 cm³/mol. The second-order valence-electron chi connectivity index (χ2n) is 3.48. The standard InChI is InChI=1S/C10H11NO2S/c1-11-9(12)6-7(10(11)13)5-8-3-2-4-14-8/h2-4,7H,5-6H2,1H3. The average Bonchev–Trinajstić information content (AvgIpc) is 2.73. The number of hydrogen-bond acceptors (Lipinski definition) is 3. The molecule has 2 rings (SSSR count). The Kier molecular flexibility index (Phi) is 2.37. The molecule has 3 nitrogen and oxygen atoms in total. The van der Waals surface area contributed by atoms with Crippen LogP contribution in [-0.2, 0) is 16.0 Å². The van der Waals surface area contributed by atoms with Crippen LogP contribution in [0.1, 0.15) is 11.3 Å². The summed E-state index contributed by atoms with van der Waals surface area (Å²) in [7, 11) is 1.55. The molecule has 0 radical (unpaired) electrons.